The topological polar surface area (TPSA) is 156 Å². The van der Waals surface area contributed by atoms with E-state index in [1.807, 2.05) is 0 Å². The predicted octanol–water partition coefficient (Wildman–Crippen LogP) is 0.0298. The maximum atomic E-state index is 12.1. The van der Waals surface area contributed by atoms with E-state index in [1.54, 1.807) is 20.8 Å². The Kier molecular flexibility index (Phi) is 4.54. The van der Waals surface area contributed by atoms with E-state index in [1.165, 1.54) is 0 Å². The van der Waals surface area contributed by atoms with Crippen molar-refractivity contribution in [3.63, 3.8) is 0 Å². The third-order valence-electron chi connectivity index (χ3n) is 4.29. The summed E-state index contributed by atoms with van der Waals surface area (Å²) in [4.78, 5) is 35.3. The van der Waals surface area contributed by atoms with E-state index in [4.69, 9.17) is 8.92 Å². The average molecular weight is 379 g/mol. The summed E-state index contributed by atoms with van der Waals surface area (Å²) in [5.74, 6) is -5.66. The number of ether oxygens (including phenoxy) is 1. The van der Waals surface area contributed by atoms with Gasteiger partial charge in [0.05, 0.1) is 18.3 Å². The zero-order valence-corrected chi connectivity index (χ0v) is 15.0. The van der Waals surface area contributed by atoms with Gasteiger partial charge in [0.25, 0.3) is 10.1 Å². The Balaban J connectivity index is 2.32. The lowest BCUT2D eigenvalue weighted by atomic mass is 9.89. The third-order valence-corrected chi connectivity index (χ3v) is 4.88. The van der Waals surface area contributed by atoms with Gasteiger partial charge in [-0.1, -0.05) is 0 Å². The molecule has 2 aliphatic carbocycles. The molecule has 0 aromatic heterocycles. The first kappa shape index (κ1) is 19.4. The Labute approximate surface area is 144 Å². The van der Waals surface area contributed by atoms with Crippen LogP contribution in [0.3, 0.4) is 0 Å². The monoisotopic (exact) mass is 379 g/mol. The molecule has 0 heterocycles. The van der Waals surface area contributed by atoms with Gasteiger partial charge in [0, 0.05) is 18.3 Å². The van der Waals surface area contributed by atoms with E-state index in [0.29, 0.717) is 0 Å². The average Bonchev–Trinajstić information content (AvgIpc) is 3.01. The fourth-order valence-electron chi connectivity index (χ4n) is 3.57. The smallest absolute Gasteiger partial charge is 0.408 e. The highest BCUT2D eigenvalue weighted by atomic mass is 32.2. The van der Waals surface area contributed by atoms with Gasteiger partial charge >= 0.3 is 18.0 Å². The normalized spacial score (nSPS) is 34.1. The highest BCUT2D eigenvalue weighted by Crippen LogP contribution is 2.63. The van der Waals surface area contributed by atoms with Crippen molar-refractivity contribution >= 4 is 28.1 Å². The van der Waals surface area contributed by atoms with E-state index < -0.39 is 63.1 Å². The Morgan fingerprint density at radius 1 is 1.20 bits per heavy atom. The van der Waals surface area contributed by atoms with Crippen LogP contribution in [0.5, 0.6) is 0 Å². The van der Waals surface area contributed by atoms with Crippen molar-refractivity contribution < 1.29 is 41.9 Å². The minimum absolute atomic E-state index is 0.367. The molecule has 2 aliphatic rings. The number of amides is 1. The molecule has 2 fully saturated rings. The van der Waals surface area contributed by atoms with Gasteiger partial charge in [0.1, 0.15) is 11.1 Å². The third kappa shape index (κ3) is 3.87. The number of hydrogen-bond donors (Lipinski definition) is 3. The molecule has 0 spiro atoms. The minimum atomic E-state index is -3.93. The first-order valence-corrected chi connectivity index (χ1v) is 9.35. The van der Waals surface area contributed by atoms with Crippen LogP contribution in [-0.2, 0) is 28.6 Å². The summed E-state index contributed by atoms with van der Waals surface area (Å²) >= 11 is 0. The second-order valence-corrected chi connectivity index (χ2v) is 9.01. The molecule has 0 unspecified atom stereocenters. The van der Waals surface area contributed by atoms with E-state index in [2.05, 4.69) is 5.32 Å². The number of carbonyl (C=O) groups excluding carboxylic acids is 1. The molecule has 3 N–H and O–H groups in total. The number of alkyl carbamates (subject to hydrolysis) is 1. The summed E-state index contributed by atoms with van der Waals surface area (Å²) in [5.41, 5.74) is -2.86. The second-order valence-electron chi connectivity index (χ2n) is 7.41. The maximum absolute atomic E-state index is 12.1. The summed E-state index contributed by atoms with van der Waals surface area (Å²) in [6, 6.07) is 0. The first-order chi connectivity index (χ1) is 11.2. The number of aliphatic carboxylic acids is 2. The molecule has 10 nitrogen and oxygen atoms in total. The van der Waals surface area contributed by atoms with Gasteiger partial charge in [-0.05, 0) is 20.8 Å². The van der Waals surface area contributed by atoms with Crippen LogP contribution in [-0.4, -0.2) is 60.2 Å². The van der Waals surface area contributed by atoms with Crippen LogP contribution in [0.1, 0.15) is 27.2 Å². The number of hydrogen-bond acceptors (Lipinski definition) is 7. The Bertz CT molecular complexity index is 710. The summed E-state index contributed by atoms with van der Waals surface area (Å²) in [6.07, 6.45) is -1.74. The fraction of sp³-hybridized carbons (Fsp3) is 0.786. The second kappa shape index (κ2) is 5.84. The van der Waals surface area contributed by atoms with Gasteiger partial charge in [-0.2, -0.15) is 8.42 Å². The molecule has 0 radical (unpaired) electrons. The molecule has 2 saturated carbocycles. The molecule has 0 saturated heterocycles. The van der Waals surface area contributed by atoms with Crippen molar-refractivity contribution in [1.82, 2.24) is 5.32 Å². The molecule has 0 aromatic rings. The molecule has 0 aliphatic heterocycles. The molecule has 5 atom stereocenters. The van der Waals surface area contributed by atoms with Gasteiger partial charge < -0.3 is 20.3 Å². The molecular formula is C14H21NO9S. The summed E-state index contributed by atoms with van der Waals surface area (Å²) in [6.45, 7) is 4.76. The SMILES string of the molecule is CC(C)(C)OC(=O)N[C@@]1(C(=O)O)C[C@H](OS(C)(=O)=O)[C@H]2[C@H](C(=O)O)[C@H]21. The largest absolute Gasteiger partial charge is 0.481 e. The van der Waals surface area contributed by atoms with Gasteiger partial charge in [0.15, 0.2) is 0 Å². The quantitative estimate of drug-likeness (QED) is 0.561. The highest BCUT2D eigenvalue weighted by molar-refractivity contribution is 7.86. The van der Waals surface area contributed by atoms with Crippen LogP contribution in [0.2, 0.25) is 0 Å². The van der Waals surface area contributed by atoms with Gasteiger partial charge in [0.2, 0.25) is 0 Å². The van der Waals surface area contributed by atoms with E-state index in [0.717, 1.165) is 6.26 Å². The molecule has 25 heavy (non-hydrogen) atoms. The molecule has 11 heteroatoms. The van der Waals surface area contributed by atoms with E-state index in [-0.39, 0.29) is 6.42 Å². The first-order valence-electron chi connectivity index (χ1n) is 7.53. The van der Waals surface area contributed by atoms with Crippen molar-refractivity contribution in [2.75, 3.05) is 6.26 Å². The number of carboxylic acid groups (broad SMARTS) is 2. The number of carboxylic acids is 2. The molecular weight excluding hydrogens is 358 g/mol. The van der Waals surface area contributed by atoms with Crippen LogP contribution in [0, 0.1) is 17.8 Å². The summed E-state index contributed by atoms with van der Waals surface area (Å²) < 4.78 is 32.7. The number of fused-ring (bicyclic) bond motifs is 1. The fourth-order valence-corrected chi connectivity index (χ4v) is 4.21. The zero-order chi connectivity index (χ0) is 19.4. The van der Waals surface area contributed by atoms with Crippen molar-refractivity contribution in [2.45, 2.75) is 44.4 Å². The number of nitrogens with one attached hydrogen (secondary N) is 1. The Morgan fingerprint density at radius 3 is 2.16 bits per heavy atom. The molecule has 0 aromatic carbocycles. The molecule has 2 rings (SSSR count). The van der Waals surface area contributed by atoms with Crippen molar-refractivity contribution in [1.29, 1.82) is 0 Å². The maximum Gasteiger partial charge on any atom is 0.408 e. The van der Waals surface area contributed by atoms with Crippen molar-refractivity contribution in [3.05, 3.63) is 0 Å². The molecule has 0 bridgehead atoms. The summed E-state index contributed by atoms with van der Waals surface area (Å²) in [7, 11) is -3.93. The lowest BCUT2D eigenvalue weighted by Crippen LogP contribution is -2.57. The van der Waals surface area contributed by atoms with Crippen LogP contribution in [0.15, 0.2) is 0 Å². The standard InChI is InChI=1S/C14H21NO9S/c1-13(2,3)23-12(20)15-14(11(18)19)5-6(24-25(4,21)22)7-8(9(7)14)10(16)17/h6-9H,5H2,1-4H3,(H,15,20)(H,16,17)(H,18,19)/t6-,7-,8-,9-,14-/m0/s1. The zero-order valence-electron chi connectivity index (χ0n) is 14.2. The Hall–Kier alpha value is -1.88. The number of rotatable bonds is 5. The summed E-state index contributed by atoms with van der Waals surface area (Å²) in [5, 5.41) is 21.2. The molecule has 142 valence electrons. The van der Waals surface area contributed by atoms with E-state index in [9.17, 15) is 33.0 Å². The van der Waals surface area contributed by atoms with Crippen LogP contribution in [0.25, 0.3) is 0 Å². The van der Waals surface area contributed by atoms with Crippen LogP contribution >= 0.6 is 0 Å². The van der Waals surface area contributed by atoms with Crippen LogP contribution in [0.4, 0.5) is 4.79 Å². The van der Waals surface area contributed by atoms with Crippen molar-refractivity contribution in [3.8, 4) is 0 Å². The lowest BCUT2D eigenvalue weighted by molar-refractivity contribution is -0.147. The molecule has 1 amide bonds. The Morgan fingerprint density at radius 2 is 1.76 bits per heavy atom. The van der Waals surface area contributed by atoms with Gasteiger partial charge in [-0.25, -0.2) is 9.59 Å². The predicted molar refractivity (Wildman–Crippen MR) is 82.2 cm³/mol. The number of carbonyl (C=O) groups is 3. The van der Waals surface area contributed by atoms with Crippen LogP contribution < -0.4 is 5.32 Å². The van der Waals surface area contributed by atoms with Gasteiger partial charge in [-0.3, -0.25) is 8.98 Å². The highest BCUT2D eigenvalue weighted by Gasteiger charge is 2.76. The lowest BCUT2D eigenvalue weighted by Gasteiger charge is -2.31. The van der Waals surface area contributed by atoms with E-state index >= 15 is 0 Å². The minimum Gasteiger partial charge on any atom is -0.481 e. The van der Waals surface area contributed by atoms with Gasteiger partial charge in [-0.15, -0.1) is 0 Å². The van der Waals surface area contributed by atoms with Crippen molar-refractivity contribution in [2.24, 2.45) is 17.8 Å².